The minimum atomic E-state index is 0.0266. The molecular weight excluding hydrogens is 436 g/mol. The number of hydrogen-bond donors (Lipinski definition) is 1. The minimum absolute atomic E-state index is 0.0266. The van der Waals surface area contributed by atoms with Crippen molar-refractivity contribution in [2.45, 2.75) is 64.6 Å². The summed E-state index contributed by atoms with van der Waals surface area (Å²) in [5.41, 5.74) is 7.10. The van der Waals surface area contributed by atoms with Gasteiger partial charge in [-0.25, -0.2) is 0 Å². The van der Waals surface area contributed by atoms with Gasteiger partial charge in [0.25, 0.3) is 0 Å². The number of nitrogens with zero attached hydrogens (tertiary/aromatic N) is 3. The number of aryl methyl sites for hydroxylation is 2. The molecule has 1 N–H and O–H groups in total. The van der Waals surface area contributed by atoms with Crippen LogP contribution < -0.4 is 5.32 Å². The maximum absolute atomic E-state index is 6.38. The van der Waals surface area contributed by atoms with Crippen LogP contribution in [0.4, 0.5) is 0 Å². The summed E-state index contributed by atoms with van der Waals surface area (Å²) in [4.78, 5) is 7.17. The van der Waals surface area contributed by atoms with Crippen LogP contribution in [0.2, 0.25) is 5.02 Å². The fourth-order valence-corrected chi connectivity index (χ4v) is 6.11. The van der Waals surface area contributed by atoms with Gasteiger partial charge in [-0.2, -0.15) is 0 Å². The molecule has 0 amide bonds. The summed E-state index contributed by atoms with van der Waals surface area (Å²) in [5.74, 6) is 0. The molecule has 3 heterocycles. The summed E-state index contributed by atoms with van der Waals surface area (Å²) in [6, 6.07) is 15.2. The van der Waals surface area contributed by atoms with Crippen LogP contribution in [0.3, 0.4) is 0 Å². The van der Waals surface area contributed by atoms with E-state index in [0.29, 0.717) is 6.04 Å². The highest BCUT2D eigenvalue weighted by Gasteiger charge is 2.44. The smallest absolute Gasteiger partial charge is 0.170 e. The normalized spacial score (nSPS) is 21.4. The summed E-state index contributed by atoms with van der Waals surface area (Å²) in [6.07, 6.45) is 6.80. The summed E-state index contributed by atoms with van der Waals surface area (Å²) in [5, 5.41) is 5.23. The fourth-order valence-electron chi connectivity index (χ4n) is 5.56. The Labute approximate surface area is 200 Å². The maximum atomic E-state index is 6.38. The number of rotatable bonds is 4. The van der Waals surface area contributed by atoms with Gasteiger partial charge in [-0.15, -0.1) is 0 Å². The zero-order chi connectivity index (χ0) is 22.4. The summed E-state index contributed by atoms with van der Waals surface area (Å²) in [6.45, 7) is 6.53. The fraction of sp³-hybridized carbons (Fsp3) is 0.385. The Morgan fingerprint density at radius 2 is 1.84 bits per heavy atom. The van der Waals surface area contributed by atoms with Gasteiger partial charge in [0.1, 0.15) is 0 Å². The van der Waals surface area contributed by atoms with Gasteiger partial charge in [-0.3, -0.25) is 4.98 Å². The molecule has 0 unspecified atom stereocenters. The Bertz CT molecular complexity index is 1150. The van der Waals surface area contributed by atoms with Gasteiger partial charge in [0.15, 0.2) is 5.11 Å². The summed E-state index contributed by atoms with van der Waals surface area (Å²) >= 11 is 12.3. The number of aromatic nitrogens is 2. The van der Waals surface area contributed by atoms with Gasteiger partial charge in [-0.05, 0) is 87.3 Å². The van der Waals surface area contributed by atoms with Crippen molar-refractivity contribution >= 4 is 28.9 Å². The molecule has 5 rings (SSSR count). The van der Waals surface area contributed by atoms with Crippen molar-refractivity contribution in [3.63, 3.8) is 0 Å². The first-order chi connectivity index (χ1) is 15.5. The molecule has 2 aliphatic rings. The van der Waals surface area contributed by atoms with E-state index in [9.17, 15) is 0 Å². The molecule has 32 heavy (non-hydrogen) atoms. The molecule has 3 aromatic rings. The zero-order valence-corrected chi connectivity index (χ0v) is 20.4. The largest absolute Gasteiger partial charge is 0.352 e. The third-order valence-corrected chi connectivity index (χ3v) is 7.62. The standard InChI is InChI=1S/C26H29ClN4S/c1-16-11-12-19(27)15-23(16)30-17(2)14-21(18(30)3)25-24(22-10-6-7-13-28-22)29-26(32)31(25)20-8-4-5-9-20/h6-7,10-15,20,24-25H,4-5,8-9H2,1-3H3,(H,29,32)/t24-,25+/m1/s1. The molecule has 6 heteroatoms. The molecule has 0 bridgehead atoms. The number of benzene rings is 1. The molecule has 1 aliphatic heterocycles. The Balaban J connectivity index is 1.66. The van der Waals surface area contributed by atoms with Gasteiger partial charge in [0, 0.05) is 34.3 Å². The molecule has 166 valence electrons. The predicted molar refractivity (Wildman–Crippen MR) is 135 cm³/mol. The Morgan fingerprint density at radius 1 is 1.06 bits per heavy atom. The molecule has 2 atom stereocenters. The van der Waals surface area contributed by atoms with Crippen LogP contribution in [0.1, 0.15) is 66.0 Å². The van der Waals surface area contributed by atoms with Gasteiger partial charge in [-0.1, -0.05) is 36.6 Å². The lowest BCUT2D eigenvalue weighted by molar-refractivity contribution is 0.245. The van der Waals surface area contributed by atoms with Crippen LogP contribution in [0, 0.1) is 20.8 Å². The van der Waals surface area contributed by atoms with E-state index in [1.807, 2.05) is 18.3 Å². The Hall–Kier alpha value is -2.37. The highest BCUT2D eigenvalue weighted by molar-refractivity contribution is 7.80. The molecule has 1 aromatic carbocycles. The van der Waals surface area contributed by atoms with Crippen LogP contribution in [0.5, 0.6) is 0 Å². The first kappa shape index (κ1) is 21.5. The summed E-state index contributed by atoms with van der Waals surface area (Å²) in [7, 11) is 0. The lowest BCUT2D eigenvalue weighted by Crippen LogP contribution is -2.37. The van der Waals surface area contributed by atoms with E-state index in [2.05, 4.69) is 65.9 Å². The lowest BCUT2D eigenvalue weighted by atomic mass is 9.95. The Morgan fingerprint density at radius 3 is 2.56 bits per heavy atom. The number of thiocarbonyl (C=S) groups is 1. The molecular formula is C26H29ClN4S. The number of halogens is 1. The van der Waals surface area contributed by atoms with Crippen LogP contribution in [0.25, 0.3) is 5.69 Å². The van der Waals surface area contributed by atoms with Crippen molar-refractivity contribution in [2.24, 2.45) is 0 Å². The second kappa shape index (κ2) is 8.53. The number of pyridine rings is 1. The van der Waals surface area contributed by atoms with Crippen molar-refractivity contribution in [1.82, 2.24) is 19.8 Å². The van der Waals surface area contributed by atoms with Gasteiger partial charge >= 0.3 is 0 Å². The molecule has 2 fully saturated rings. The zero-order valence-electron chi connectivity index (χ0n) is 18.8. The van der Waals surface area contributed by atoms with E-state index in [0.717, 1.165) is 21.5 Å². The quantitative estimate of drug-likeness (QED) is 0.455. The third kappa shape index (κ3) is 3.61. The van der Waals surface area contributed by atoms with Crippen LogP contribution >= 0.6 is 23.8 Å². The number of nitrogens with one attached hydrogen (secondary N) is 1. The van der Waals surface area contributed by atoms with Crippen molar-refractivity contribution < 1.29 is 0 Å². The molecule has 0 radical (unpaired) electrons. The minimum Gasteiger partial charge on any atom is -0.352 e. The van der Waals surface area contributed by atoms with Crippen molar-refractivity contribution in [2.75, 3.05) is 0 Å². The van der Waals surface area contributed by atoms with Gasteiger partial charge < -0.3 is 14.8 Å². The van der Waals surface area contributed by atoms with E-state index in [1.54, 1.807) is 0 Å². The van der Waals surface area contributed by atoms with E-state index >= 15 is 0 Å². The van der Waals surface area contributed by atoms with Crippen LogP contribution in [-0.2, 0) is 0 Å². The predicted octanol–water partition coefficient (Wildman–Crippen LogP) is 6.37. The topological polar surface area (TPSA) is 33.1 Å². The molecule has 1 aliphatic carbocycles. The molecule has 0 spiro atoms. The molecule has 2 aromatic heterocycles. The Kier molecular flexibility index (Phi) is 5.72. The molecule has 1 saturated carbocycles. The third-order valence-electron chi connectivity index (χ3n) is 7.05. The summed E-state index contributed by atoms with van der Waals surface area (Å²) < 4.78 is 2.33. The van der Waals surface area contributed by atoms with Crippen LogP contribution in [-0.4, -0.2) is 25.6 Å². The maximum Gasteiger partial charge on any atom is 0.170 e. The highest BCUT2D eigenvalue weighted by atomic mass is 35.5. The average Bonchev–Trinajstić information content (AvgIpc) is 3.49. The average molecular weight is 465 g/mol. The highest BCUT2D eigenvalue weighted by Crippen LogP contribution is 2.45. The van der Waals surface area contributed by atoms with E-state index in [4.69, 9.17) is 28.8 Å². The van der Waals surface area contributed by atoms with Crippen LogP contribution in [0.15, 0.2) is 48.7 Å². The first-order valence-electron chi connectivity index (χ1n) is 11.4. The lowest BCUT2D eigenvalue weighted by Gasteiger charge is -2.33. The second-order valence-electron chi connectivity index (χ2n) is 9.06. The van der Waals surface area contributed by atoms with E-state index in [-0.39, 0.29) is 12.1 Å². The second-order valence-corrected chi connectivity index (χ2v) is 9.89. The van der Waals surface area contributed by atoms with E-state index in [1.165, 1.54) is 48.2 Å². The van der Waals surface area contributed by atoms with Crippen molar-refractivity contribution in [1.29, 1.82) is 0 Å². The van der Waals surface area contributed by atoms with E-state index < -0.39 is 0 Å². The van der Waals surface area contributed by atoms with Crippen molar-refractivity contribution in [3.05, 3.63) is 81.9 Å². The van der Waals surface area contributed by atoms with Gasteiger partial charge in [0.2, 0.25) is 0 Å². The monoisotopic (exact) mass is 464 g/mol. The number of hydrogen-bond acceptors (Lipinski definition) is 2. The SMILES string of the molecule is Cc1ccc(Cl)cc1-n1c(C)cc([C@H]2[C@@H](c3ccccn3)NC(=S)N2C2CCCC2)c1C. The van der Waals surface area contributed by atoms with Crippen molar-refractivity contribution in [3.8, 4) is 5.69 Å². The molecule has 1 saturated heterocycles. The van der Waals surface area contributed by atoms with Gasteiger partial charge in [0.05, 0.1) is 17.8 Å². The molecule has 4 nitrogen and oxygen atoms in total. The first-order valence-corrected chi connectivity index (χ1v) is 12.2.